The fourth-order valence-electron chi connectivity index (χ4n) is 2.84. The Morgan fingerprint density at radius 1 is 1.08 bits per heavy atom. The number of tetrazole rings is 1. The Hall–Kier alpha value is -2.96. The molecule has 1 aromatic carbocycles. The van der Waals surface area contributed by atoms with E-state index in [-0.39, 0.29) is 12.6 Å². The highest BCUT2D eigenvalue weighted by molar-refractivity contribution is 5.89. The van der Waals surface area contributed by atoms with Crippen LogP contribution >= 0.6 is 0 Å². The number of unbranched alkanes of at least 4 members (excludes halogenated alkanes) is 1. The Morgan fingerprint density at radius 2 is 1.77 bits per heavy atom. The van der Waals surface area contributed by atoms with Crippen LogP contribution in [0.3, 0.4) is 0 Å². The Bertz CT molecular complexity index is 860. The maximum Gasteiger partial charge on any atom is 0.338 e. The van der Waals surface area contributed by atoms with Crippen LogP contribution in [0.2, 0.25) is 0 Å². The lowest BCUT2D eigenvalue weighted by molar-refractivity contribution is 0.0456. The molecule has 0 bridgehead atoms. The predicted molar refractivity (Wildman–Crippen MR) is 97.1 cm³/mol. The van der Waals surface area contributed by atoms with Gasteiger partial charge in [-0.3, -0.25) is 0 Å². The summed E-state index contributed by atoms with van der Waals surface area (Å²) < 4.78 is 9.18. The molecule has 0 unspecified atom stereocenters. The van der Waals surface area contributed by atoms with Crippen molar-refractivity contribution in [2.24, 2.45) is 0 Å². The van der Waals surface area contributed by atoms with Crippen molar-refractivity contribution in [2.75, 3.05) is 0 Å². The molecule has 0 spiro atoms. The molecule has 7 nitrogen and oxygen atoms in total. The lowest BCUT2D eigenvalue weighted by Gasteiger charge is -2.10. The van der Waals surface area contributed by atoms with Gasteiger partial charge < -0.3 is 9.30 Å². The first-order chi connectivity index (χ1) is 12.6. The van der Waals surface area contributed by atoms with Crippen LogP contribution in [0.15, 0.2) is 36.4 Å². The molecule has 0 N–H and O–H groups in total. The molecule has 0 amide bonds. The number of benzene rings is 1. The molecule has 0 aliphatic heterocycles. The molecular weight excluding hydrogens is 330 g/mol. The molecule has 136 valence electrons. The van der Waals surface area contributed by atoms with Gasteiger partial charge in [-0.15, -0.1) is 5.10 Å². The number of carbonyl (C=O) groups is 1. The number of ether oxygens (including phenoxy) is 1. The monoisotopic (exact) mass is 353 g/mol. The maximum atomic E-state index is 12.3. The van der Waals surface area contributed by atoms with Crippen molar-refractivity contribution >= 4 is 5.97 Å². The lowest BCUT2D eigenvalue weighted by atomic mass is 10.2. The first-order valence-electron chi connectivity index (χ1n) is 8.77. The minimum Gasteiger partial charge on any atom is -0.454 e. The van der Waals surface area contributed by atoms with Crippen LogP contribution in [0.4, 0.5) is 0 Å². The van der Waals surface area contributed by atoms with E-state index < -0.39 is 0 Å². The predicted octanol–water partition coefficient (Wildman–Crippen LogP) is 3.24. The number of esters is 1. The molecule has 0 aliphatic carbocycles. The van der Waals surface area contributed by atoms with Crippen LogP contribution in [0, 0.1) is 13.8 Å². The average Bonchev–Trinajstić information content (AvgIpc) is 3.24. The van der Waals surface area contributed by atoms with Gasteiger partial charge in [0.1, 0.15) is 0 Å². The number of hydrogen-bond donors (Lipinski definition) is 0. The first-order valence-corrected chi connectivity index (χ1v) is 8.77. The van der Waals surface area contributed by atoms with Crippen LogP contribution in [0.1, 0.15) is 47.3 Å². The molecule has 7 heteroatoms. The van der Waals surface area contributed by atoms with E-state index in [1.165, 1.54) is 0 Å². The summed E-state index contributed by atoms with van der Waals surface area (Å²) in [5, 5.41) is 11.5. The summed E-state index contributed by atoms with van der Waals surface area (Å²) in [7, 11) is 0. The minimum atomic E-state index is -0.387. The third-order valence-electron chi connectivity index (χ3n) is 4.29. The second-order valence-corrected chi connectivity index (χ2v) is 6.25. The molecule has 2 aromatic heterocycles. The van der Waals surface area contributed by atoms with Gasteiger partial charge in [-0.1, -0.05) is 13.3 Å². The van der Waals surface area contributed by atoms with Crippen molar-refractivity contribution in [1.82, 2.24) is 24.8 Å². The van der Waals surface area contributed by atoms with Crippen LogP contribution in [0.5, 0.6) is 0 Å². The Labute approximate surface area is 152 Å². The third kappa shape index (κ3) is 3.82. The molecule has 0 saturated carbocycles. The molecule has 3 aromatic rings. The Morgan fingerprint density at radius 3 is 2.42 bits per heavy atom. The van der Waals surface area contributed by atoms with E-state index in [2.05, 4.69) is 53.0 Å². The van der Waals surface area contributed by atoms with Crippen molar-refractivity contribution in [3.63, 3.8) is 0 Å². The fraction of sp³-hybridized carbons (Fsp3) is 0.368. The van der Waals surface area contributed by atoms with Crippen molar-refractivity contribution in [3.8, 4) is 5.69 Å². The van der Waals surface area contributed by atoms with E-state index >= 15 is 0 Å². The third-order valence-corrected chi connectivity index (χ3v) is 4.29. The molecule has 0 radical (unpaired) electrons. The van der Waals surface area contributed by atoms with E-state index in [1.54, 1.807) is 16.8 Å². The van der Waals surface area contributed by atoms with Gasteiger partial charge in [-0.25, -0.2) is 9.48 Å². The number of aryl methyl sites for hydroxylation is 3. The highest BCUT2D eigenvalue weighted by atomic mass is 16.5. The van der Waals surface area contributed by atoms with E-state index in [0.29, 0.717) is 11.4 Å². The molecular formula is C19H23N5O2. The second-order valence-electron chi connectivity index (χ2n) is 6.25. The zero-order chi connectivity index (χ0) is 18.5. The quantitative estimate of drug-likeness (QED) is 0.610. The van der Waals surface area contributed by atoms with Crippen LogP contribution in [0.25, 0.3) is 5.69 Å². The topological polar surface area (TPSA) is 74.8 Å². The molecule has 0 atom stereocenters. The van der Waals surface area contributed by atoms with Gasteiger partial charge >= 0.3 is 5.97 Å². The summed E-state index contributed by atoms with van der Waals surface area (Å²) in [4.78, 5) is 12.3. The van der Waals surface area contributed by atoms with Crippen LogP contribution in [-0.2, 0) is 17.9 Å². The highest BCUT2D eigenvalue weighted by Crippen LogP contribution is 2.17. The highest BCUT2D eigenvalue weighted by Gasteiger charge is 2.12. The zero-order valence-electron chi connectivity index (χ0n) is 15.3. The number of aromatic nitrogens is 5. The van der Waals surface area contributed by atoms with E-state index in [4.69, 9.17) is 4.74 Å². The van der Waals surface area contributed by atoms with Crippen molar-refractivity contribution in [3.05, 3.63) is 59.2 Å². The largest absolute Gasteiger partial charge is 0.454 e. The number of nitrogens with zero attached hydrogens (tertiary/aromatic N) is 5. The number of rotatable bonds is 7. The number of hydrogen-bond acceptors (Lipinski definition) is 5. The molecule has 0 fully saturated rings. The SMILES string of the molecule is CCCCn1nnnc1COC(=O)c1ccc(-n2c(C)ccc2C)cc1. The van der Waals surface area contributed by atoms with E-state index in [0.717, 1.165) is 36.5 Å². The van der Waals surface area contributed by atoms with Crippen LogP contribution in [-0.4, -0.2) is 30.7 Å². The summed E-state index contributed by atoms with van der Waals surface area (Å²) >= 11 is 0. The van der Waals surface area contributed by atoms with E-state index in [9.17, 15) is 4.79 Å². The minimum absolute atomic E-state index is 0.0626. The second kappa shape index (κ2) is 7.95. The summed E-state index contributed by atoms with van der Waals surface area (Å²) in [6.45, 7) is 6.99. The van der Waals surface area contributed by atoms with Crippen molar-refractivity contribution in [2.45, 2.75) is 46.8 Å². The molecule has 0 saturated heterocycles. The summed E-state index contributed by atoms with van der Waals surface area (Å²) in [5.74, 6) is 0.171. The summed E-state index contributed by atoms with van der Waals surface area (Å²) in [6, 6.07) is 11.5. The maximum absolute atomic E-state index is 12.3. The zero-order valence-corrected chi connectivity index (χ0v) is 15.3. The van der Waals surface area contributed by atoms with Gasteiger partial charge in [0, 0.05) is 23.6 Å². The Kier molecular flexibility index (Phi) is 5.46. The van der Waals surface area contributed by atoms with Crippen molar-refractivity contribution < 1.29 is 9.53 Å². The first kappa shape index (κ1) is 17.8. The van der Waals surface area contributed by atoms with Gasteiger partial charge in [0.05, 0.1) is 5.56 Å². The summed E-state index contributed by atoms with van der Waals surface area (Å²) in [6.07, 6.45) is 2.03. The van der Waals surface area contributed by atoms with Gasteiger partial charge in [0.15, 0.2) is 12.4 Å². The van der Waals surface area contributed by atoms with Gasteiger partial charge in [0.2, 0.25) is 0 Å². The van der Waals surface area contributed by atoms with Gasteiger partial charge in [0.25, 0.3) is 0 Å². The number of carbonyl (C=O) groups excluding carboxylic acids is 1. The van der Waals surface area contributed by atoms with Gasteiger partial charge in [-0.2, -0.15) is 0 Å². The molecule has 26 heavy (non-hydrogen) atoms. The summed E-state index contributed by atoms with van der Waals surface area (Å²) in [5.41, 5.74) is 3.82. The standard InChI is InChI=1S/C19H23N5O2/c1-4-5-12-23-18(20-21-22-23)13-26-19(25)16-8-10-17(11-9-16)24-14(2)6-7-15(24)3/h6-11H,4-5,12-13H2,1-3H3. The molecule has 0 aliphatic rings. The van der Waals surface area contributed by atoms with Crippen molar-refractivity contribution in [1.29, 1.82) is 0 Å². The van der Waals surface area contributed by atoms with E-state index in [1.807, 2.05) is 12.1 Å². The normalized spacial score (nSPS) is 10.9. The lowest BCUT2D eigenvalue weighted by Crippen LogP contribution is -2.11. The molecule has 2 heterocycles. The fourth-order valence-corrected chi connectivity index (χ4v) is 2.84. The smallest absolute Gasteiger partial charge is 0.338 e. The van der Waals surface area contributed by atoms with Crippen LogP contribution < -0.4 is 0 Å². The molecule has 3 rings (SSSR count). The van der Waals surface area contributed by atoms with Gasteiger partial charge in [-0.05, 0) is 67.1 Å². The Balaban J connectivity index is 1.65. The average molecular weight is 353 g/mol.